The lowest BCUT2D eigenvalue weighted by Crippen LogP contribution is -2.15. The standard InChI is InChI=1S/C53H43N3O/c1-5-34(30-38-17-9-10-18-40(38)44-32-45-41-19-11-13-21-46(41)53(3,4)47(45)29-33(44)2)50-54-51(37-25-23-36(24-26-37)35-15-7-6-8-16-35)56-52(55-50)39-27-28-43-42-20-12-14-22-48(42)57-49(43)31-39/h6-29,31-32,34H,5,30H2,1-4H3. The highest BCUT2D eigenvalue weighted by Gasteiger charge is 2.36. The van der Waals surface area contributed by atoms with Gasteiger partial charge in [-0.1, -0.05) is 154 Å². The Morgan fingerprint density at radius 1 is 0.509 bits per heavy atom. The normalized spacial score (nSPS) is 13.5. The summed E-state index contributed by atoms with van der Waals surface area (Å²) in [5.74, 6) is 2.17. The molecule has 276 valence electrons. The molecule has 0 amide bonds. The Kier molecular flexibility index (Phi) is 8.44. The number of aryl methyl sites for hydroxylation is 1. The number of fused-ring (bicyclic) bond motifs is 6. The lowest BCUT2D eigenvalue weighted by Gasteiger charge is -2.23. The molecule has 2 heterocycles. The third-order valence-electron chi connectivity index (χ3n) is 12.1. The van der Waals surface area contributed by atoms with Crippen molar-refractivity contribution in [1.29, 1.82) is 0 Å². The fourth-order valence-electron chi connectivity index (χ4n) is 8.93. The molecule has 1 unspecified atom stereocenters. The molecule has 0 fully saturated rings. The number of aromatic nitrogens is 3. The molecule has 4 heteroatoms. The van der Waals surface area contributed by atoms with E-state index in [1.807, 2.05) is 24.3 Å². The zero-order chi connectivity index (χ0) is 38.7. The minimum Gasteiger partial charge on any atom is -0.456 e. The van der Waals surface area contributed by atoms with E-state index in [1.54, 1.807) is 0 Å². The van der Waals surface area contributed by atoms with Crippen molar-refractivity contribution in [2.45, 2.75) is 51.9 Å². The molecule has 57 heavy (non-hydrogen) atoms. The van der Waals surface area contributed by atoms with Gasteiger partial charge in [0.2, 0.25) is 0 Å². The highest BCUT2D eigenvalue weighted by Crippen LogP contribution is 2.50. The van der Waals surface area contributed by atoms with Gasteiger partial charge in [-0.05, 0) is 99.7 Å². The number of hydrogen-bond donors (Lipinski definition) is 0. The molecule has 10 rings (SSSR count). The van der Waals surface area contributed by atoms with Crippen LogP contribution in [0.5, 0.6) is 0 Å². The van der Waals surface area contributed by atoms with Crippen molar-refractivity contribution in [3.8, 4) is 56.2 Å². The highest BCUT2D eigenvalue weighted by molar-refractivity contribution is 6.05. The quantitative estimate of drug-likeness (QED) is 0.156. The second-order valence-corrected chi connectivity index (χ2v) is 15.9. The van der Waals surface area contributed by atoms with Gasteiger partial charge in [0.05, 0.1) is 0 Å². The number of hydrogen-bond acceptors (Lipinski definition) is 4. The zero-order valence-electron chi connectivity index (χ0n) is 32.8. The topological polar surface area (TPSA) is 51.8 Å². The van der Waals surface area contributed by atoms with Gasteiger partial charge in [-0.25, -0.2) is 15.0 Å². The van der Waals surface area contributed by atoms with Gasteiger partial charge >= 0.3 is 0 Å². The molecule has 0 radical (unpaired) electrons. The van der Waals surface area contributed by atoms with E-state index in [0.29, 0.717) is 11.6 Å². The van der Waals surface area contributed by atoms with Crippen molar-refractivity contribution >= 4 is 21.9 Å². The molecule has 0 saturated heterocycles. The predicted octanol–water partition coefficient (Wildman–Crippen LogP) is 13.8. The molecule has 9 aromatic rings. The summed E-state index contributed by atoms with van der Waals surface area (Å²) in [6, 6.07) is 56.1. The van der Waals surface area contributed by atoms with E-state index in [0.717, 1.165) is 57.3 Å². The molecule has 4 nitrogen and oxygen atoms in total. The summed E-state index contributed by atoms with van der Waals surface area (Å²) in [7, 11) is 0. The molecule has 7 aromatic carbocycles. The van der Waals surface area contributed by atoms with Crippen LogP contribution in [0.25, 0.3) is 78.1 Å². The van der Waals surface area contributed by atoms with Gasteiger partial charge in [-0.3, -0.25) is 0 Å². The summed E-state index contributed by atoms with van der Waals surface area (Å²) >= 11 is 0. The van der Waals surface area contributed by atoms with E-state index in [1.165, 1.54) is 50.1 Å². The van der Waals surface area contributed by atoms with Crippen LogP contribution in [0.1, 0.15) is 61.2 Å². The van der Waals surface area contributed by atoms with Crippen molar-refractivity contribution in [1.82, 2.24) is 15.0 Å². The molecule has 1 atom stereocenters. The van der Waals surface area contributed by atoms with Gasteiger partial charge in [0.25, 0.3) is 0 Å². The minimum atomic E-state index is -0.0348. The summed E-state index contributed by atoms with van der Waals surface area (Å²) < 4.78 is 6.31. The van der Waals surface area contributed by atoms with E-state index >= 15 is 0 Å². The second-order valence-electron chi connectivity index (χ2n) is 15.9. The summed E-state index contributed by atoms with van der Waals surface area (Å²) in [4.78, 5) is 15.7. The number of rotatable bonds is 8. The molecule has 0 saturated carbocycles. The first-order chi connectivity index (χ1) is 27.9. The van der Waals surface area contributed by atoms with Gasteiger partial charge in [-0.15, -0.1) is 0 Å². The first kappa shape index (κ1) is 34.8. The Morgan fingerprint density at radius 3 is 1.95 bits per heavy atom. The highest BCUT2D eigenvalue weighted by atomic mass is 16.3. The third kappa shape index (κ3) is 6.04. The molecule has 0 spiro atoms. The van der Waals surface area contributed by atoms with Crippen molar-refractivity contribution < 1.29 is 4.42 Å². The summed E-state index contributed by atoms with van der Waals surface area (Å²) in [6.45, 7) is 9.20. The average Bonchev–Trinajstić information content (AvgIpc) is 3.74. The van der Waals surface area contributed by atoms with Crippen LogP contribution in [-0.2, 0) is 11.8 Å². The lowest BCUT2D eigenvalue weighted by atomic mass is 9.81. The maximum atomic E-state index is 6.31. The van der Waals surface area contributed by atoms with Gasteiger partial charge in [0.15, 0.2) is 11.6 Å². The Labute approximate surface area is 334 Å². The molecular weight excluding hydrogens is 695 g/mol. The van der Waals surface area contributed by atoms with E-state index in [2.05, 4.69) is 161 Å². The molecule has 0 N–H and O–H groups in total. The average molecular weight is 738 g/mol. The Morgan fingerprint density at radius 2 is 1.14 bits per heavy atom. The SMILES string of the molecule is CCC(Cc1ccccc1-c1cc2c(cc1C)C(C)(C)c1ccccc1-2)c1nc(-c2ccc(-c3ccccc3)cc2)nc(-c2ccc3c(c2)oc2ccccc23)n1. The molecule has 1 aliphatic rings. The van der Waals surface area contributed by atoms with Gasteiger partial charge in [-0.2, -0.15) is 0 Å². The number of nitrogens with zero attached hydrogens (tertiary/aromatic N) is 3. The van der Waals surface area contributed by atoms with Gasteiger partial charge < -0.3 is 4.42 Å². The number of furan rings is 1. The number of para-hydroxylation sites is 1. The van der Waals surface area contributed by atoms with Crippen LogP contribution >= 0.6 is 0 Å². The van der Waals surface area contributed by atoms with Crippen LogP contribution in [-0.4, -0.2) is 15.0 Å². The van der Waals surface area contributed by atoms with Crippen molar-refractivity contribution in [2.75, 3.05) is 0 Å². The second kappa shape index (κ2) is 13.8. The van der Waals surface area contributed by atoms with Crippen LogP contribution in [0.15, 0.2) is 162 Å². The Bertz CT molecular complexity index is 2960. The first-order valence-electron chi connectivity index (χ1n) is 20.0. The number of benzene rings is 7. The molecular formula is C53H43N3O. The Balaban J connectivity index is 1.07. The molecule has 0 bridgehead atoms. The van der Waals surface area contributed by atoms with E-state index in [9.17, 15) is 0 Å². The van der Waals surface area contributed by atoms with Crippen molar-refractivity contribution in [2.24, 2.45) is 0 Å². The van der Waals surface area contributed by atoms with E-state index in [-0.39, 0.29) is 11.3 Å². The summed E-state index contributed by atoms with van der Waals surface area (Å²) in [5, 5.41) is 2.18. The third-order valence-corrected chi connectivity index (χ3v) is 12.1. The lowest BCUT2D eigenvalue weighted by molar-refractivity contribution is 0.616. The van der Waals surface area contributed by atoms with Crippen LogP contribution in [0.2, 0.25) is 0 Å². The fraction of sp³-hybridized carbons (Fsp3) is 0.151. The molecule has 2 aromatic heterocycles. The smallest absolute Gasteiger partial charge is 0.163 e. The largest absolute Gasteiger partial charge is 0.456 e. The molecule has 1 aliphatic carbocycles. The minimum absolute atomic E-state index is 0.0348. The summed E-state index contributed by atoms with van der Waals surface area (Å²) in [5.41, 5.74) is 16.4. The maximum Gasteiger partial charge on any atom is 0.163 e. The van der Waals surface area contributed by atoms with Gasteiger partial charge in [0, 0.05) is 33.2 Å². The van der Waals surface area contributed by atoms with Crippen molar-refractivity contribution in [3.05, 3.63) is 186 Å². The monoisotopic (exact) mass is 737 g/mol. The van der Waals surface area contributed by atoms with Crippen LogP contribution < -0.4 is 0 Å². The first-order valence-corrected chi connectivity index (χ1v) is 20.0. The summed E-state index contributed by atoms with van der Waals surface area (Å²) in [6.07, 6.45) is 1.67. The maximum absolute atomic E-state index is 6.31. The van der Waals surface area contributed by atoms with Crippen LogP contribution in [0, 0.1) is 6.92 Å². The zero-order valence-corrected chi connectivity index (χ0v) is 32.8. The molecule has 0 aliphatic heterocycles. The van der Waals surface area contributed by atoms with Crippen molar-refractivity contribution in [3.63, 3.8) is 0 Å². The predicted molar refractivity (Wildman–Crippen MR) is 234 cm³/mol. The van der Waals surface area contributed by atoms with E-state index < -0.39 is 0 Å². The van der Waals surface area contributed by atoms with Gasteiger partial charge in [0.1, 0.15) is 17.0 Å². The van der Waals surface area contributed by atoms with Crippen LogP contribution in [0.4, 0.5) is 0 Å². The van der Waals surface area contributed by atoms with Crippen LogP contribution in [0.3, 0.4) is 0 Å². The fourth-order valence-corrected chi connectivity index (χ4v) is 8.93. The van der Waals surface area contributed by atoms with E-state index in [4.69, 9.17) is 19.4 Å². The Hall–Kier alpha value is -6.65.